The van der Waals surface area contributed by atoms with Crippen molar-refractivity contribution < 1.29 is 27.8 Å². The number of ether oxygens (including phenoxy) is 2. The fourth-order valence-corrected chi connectivity index (χ4v) is 0.972. The summed E-state index contributed by atoms with van der Waals surface area (Å²) in [5, 5.41) is 2.43. The van der Waals surface area contributed by atoms with E-state index in [4.69, 9.17) is 0 Å². The van der Waals surface area contributed by atoms with E-state index in [1.54, 1.807) is 14.0 Å². The number of esters is 1. The molecule has 0 aliphatic rings. The lowest BCUT2D eigenvalue weighted by atomic mass is 10.2. The molecule has 0 rings (SSSR count). The van der Waals surface area contributed by atoms with E-state index < -0.39 is 18.4 Å². The SMILES string of the molecule is CCOC.CCOC(=O)CCNC(CC=O)C(F)F. The minimum Gasteiger partial charge on any atom is -0.466 e. The van der Waals surface area contributed by atoms with Crippen molar-refractivity contribution >= 4 is 12.3 Å². The van der Waals surface area contributed by atoms with Gasteiger partial charge in [0.25, 0.3) is 6.43 Å². The first kappa shape index (κ1) is 20.2. The molecule has 0 fully saturated rings. The Balaban J connectivity index is 0. The number of halogens is 2. The Morgan fingerprint density at radius 3 is 2.26 bits per heavy atom. The molecular weight excluding hydrogens is 260 g/mol. The Morgan fingerprint density at radius 2 is 1.89 bits per heavy atom. The first-order valence-corrected chi connectivity index (χ1v) is 6.13. The summed E-state index contributed by atoms with van der Waals surface area (Å²) in [6, 6.07) is -1.18. The van der Waals surface area contributed by atoms with Crippen LogP contribution in [0.5, 0.6) is 0 Å². The molecule has 0 aliphatic carbocycles. The van der Waals surface area contributed by atoms with Gasteiger partial charge in [-0.2, -0.15) is 0 Å². The summed E-state index contributed by atoms with van der Waals surface area (Å²) >= 11 is 0. The van der Waals surface area contributed by atoms with Crippen molar-refractivity contribution in [3.8, 4) is 0 Å². The molecule has 0 aromatic rings. The third-order valence-corrected chi connectivity index (χ3v) is 1.98. The highest BCUT2D eigenvalue weighted by Gasteiger charge is 2.19. The zero-order valence-electron chi connectivity index (χ0n) is 11.7. The van der Waals surface area contributed by atoms with Crippen molar-refractivity contribution in [3.63, 3.8) is 0 Å². The van der Waals surface area contributed by atoms with Gasteiger partial charge in [0.2, 0.25) is 0 Å². The Kier molecular flexibility index (Phi) is 16.0. The van der Waals surface area contributed by atoms with Crippen molar-refractivity contribution in [1.82, 2.24) is 5.32 Å². The van der Waals surface area contributed by atoms with Crippen molar-refractivity contribution in [2.24, 2.45) is 0 Å². The summed E-state index contributed by atoms with van der Waals surface area (Å²) in [7, 11) is 1.68. The summed E-state index contributed by atoms with van der Waals surface area (Å²) < 4.78 is 33.6. The average molecular weight is 283 g/mol. The van der Waals surface area contributed by atoms with E-state index >= 15 is 0 Å². The Bertz CT molecular complexity index is 226. The highest BCUT2D eigenvalue weighted by atomic mass is 19.3. The average Bonchev–Trinajstić information content (AvgIpc) is 2.38. The van der Waals surface area contributed by atoms with Gasteiger partial charge in [0.1, 0.15) is 6.29 Å². The molecule has 19 heavy (non-hydrogen) atoms. The minimum atomic E-state index is -2.61. The topological polar surface area (TPSA) is 64.6 Å². The first-order chi connectivity index (χ1) is 9.03. The van der Waals surface area contributed by atoms with Gasteiger partial charge in [-0.25, -0.2) is 8.78 Å². The van der Waals surface area contributed by atoms with Crippen LogP contribution in [-0.4, -0.2) is 51.6 Å². The molecule has 5 nitrogen and oxygen atoms in total. The molecule has 7 heteroatoms. The number of nitrogens with one attached hydrogen (secondary N) is 1. The van der Waals surface area contributed by atoms with Crippen LogP contribution in [0.3, 0.4) is 0 Å². The maximum absolute atomic E-state index is 12.2. The van der Waals surface area contributed by atoms with Crippen molar-refractivity contribution in [1.29, 1.82) is 0 Å². The van der Waals surface area contributed by atoms with E-state index in [1.165, 1.54) is 0 Å². The summed E-state index contributed by atoms with van der Waals surface area (Å²) in [5.74, 6) is -0.441. The monoisotopic (exact) mass is 283 g/mol. The Labute approximate surface area is 112 Å². The van der Waals surface area contributed by atoms with Crippen LogP contribution >= 0.6 is 0 Å². The molecule has 0 saturated carbocycles. The smallest absolute Gasteiger partial charge is 0.307 e. The number of carbonyl (C=O) groups is 2. The summed E-state index contributed by atoms with van der Waals surface area (Å²) in [6.45, 7) is 4.80. The van der Waals surface area contributed by atoms with Crippen LogP contribution in [0.2, 0.25) is 0 Å². The first-order valence-electron chi connectivity index (χ1n) is 6.13. The fourth-order valence-electron chi connectivity index (χ4n) is 0.972. The molecule has 114 valence electrons. The third-order valence-electron chi connectivity index (χ3n) is 1.98. The zero-order valence-corrected chi connectivity index (χ0v) is 11.7. The molecule has 0 bridgehead atoms. The highest BCUT2D eigenvalue weighted by Crippen LogP contribution is 2.03. The van der Waals surface area contributed by atoms with Crippen LogP contribution in [0.4, 0.5) is 8.78 Å². The van der Waals surface area contributed by atoms with E-state index in [0.29, 0.717) is 6.29 Å². The van der Waals surface area contributed by atoms with Gasteiger partial charge in [0.05, 0.1) is 19.1 Å². The third kappa shape index (κ3) is 14.9. The van der Waals surface area contributed by atoms with Gasteiger partial charge in [-0.05, 0) is 13.8 Å². The molecule has 0 radical (unpaired) electrons. The number of hydrogen-bond acceptors (Lipinski definition) is 5. The fraction of sp³-hybridized carbons (Fsp3) is 0.833. The van der Waals surface area contributed by atoms with Gasteiger partial charge in [-0.1, -0.05) is 0 Å². The molecule has 0 aromatic heterocycles. The highest BCUT2D eigenvalue weighted by molar-refractivity contribution is 5.69. The van der Waals surface area contributed by atoms with Crippen LogP contribution in [0.15, 0.2) is 0 Å². The van der Waals surface area contributed by atoms with E-state index in [2.05, 4.69) is 14.8 Å². The lowest BCUT2D eigenvalue weighted by Crippen LogP contribution is -2.37. The van der Waals surface area contributed by atoms with Crippen molar-refractivity contribution in [2.75, 3.05) is 26.9 Å². The predicted octanol–water partition coefficient (Wildman–Crippen LogP) is 1.40. The van der Waals surface area contributed by atoms with Crippen LogP contribution in [0.1, 0.15) is 26.7 Å². The normalized spacial score (nSPS) is 11.5. The maximum Gasteiger partial charge on any atom is 0.307 e. The molecular formula is C12H23F2NO4. The number of aldehydes is 1. The Morgan fingerprint density at radius 1 is 1.32 bits per heavy atom. The van der Waals surface area contributed by atoms with Gasteiger partial charge >= 0.3 is 5.97 Å². The summed E-state index contributed by atoms with van der Waals surface area (Å²) in [4.78, 5) is 20.9. The van der Waals surface area contributed by atoms with E-state index in [-0.39, 0.29) is 26.0 Å². The molecule has 0 saturated heterocycles. The van der Waals surface area contributed by atoms with E-state index in [0.717, 1.165) is 6.61 Å². The lowest BCUT2D eigenvalue weighted by Gasteiger charge is -2.14. The molecule has 0 spiro atoms. The molecule has 1 N–H and O–H groups in total. The second-order valence-electron chi connectivity index (χ2n) is 3.43. The quantitative estimate of drug-likeness (QED) is 0.512. The molecule has 0 aliphatic heterocycles. The number of methoxy groups -OCH3 is 1. The molecule has 0 amide bonds. The van der Waals surface area contributed by atoms with Crippen molar-refractivity contribution in [3.05, 3.63) is 0 Å². The summed E-state index contributed by atoms with van der Waals surface area (Å²) in [6.07, 6.45) is -2.43. The molecule has 1 unspecified atom stereocenters. The molecule has 1 atom stereocenters. The van der Waals surface area contributed by atoms with E-state index in [9.17, 15) is 18.4 Å². The standard InChI is InChI=1S/C9H15F2NO3.C3H8O/c1-2-15-8(14)3-5-12-7(4-6-13)9(10)11;1-3-4-2/h6-7,9,12H,2-5H2,1H3;3H2,1-2H3. The van der Waals surface area contributed by atoms with Gasteiger partial charge in [0, 0.05) is 26.7 Å². The molecule has 0 aromatic carbocycles. The van der Waals surface area contributed by atoms with Gasteiger partial charge in [-0.3, -0.25) is 4.79 Å². The van der Waals surface area contributed by atoms with Gasteiger partial charge in [0.15, 0.2) is 0 Å². The maximum atomic E-state index is 12.2. The van der Waals surface area contributed by atoms with Gasteiger partial charge < -0.3 is 19.6 Å². The van der Waals surface area contributed by atoms with Crippen LogP contribution in [0, 0.1) is 0 Å². The largest absolute Gasteiger partial charge is 0.466 e. The molecule has 0 heterocycles. The number of rotatable bonds is 9. The van der Waals surface area contributed by atoms with Crippen LogP contribution < -0.4 is 5.32 Å². The predicted molar refractivity (Wildman–Crippen MR) is 67.3 cm³/mol. The van der Waals surface area contributed by atoms with E-state index in [1.807, 2.05) is 6.92 Å². The number of alkyl halides is 2. The minimum absolute atomic E-state index is 0.0237. The second-order valence-corrected chi connectivity index (χ2v) is 3.43. The summed E-state index contributed by atoms with van der Waals surface area (Å²) in [5.41, 5.74) is 0. The second kappa shape index (κ2) is 15.0. The number of carbonyl (C=O) groups excluding carboxylic acids is 2. The Hall–Kier alpha value is -1.08. The van der Waals surface area contributed by atoms with Gasteiger partial charge in [-0.15, -0.1) is 0 Å². The van der Waals surface area contributed by atoms with Crippen LogP contribution in [0.25, 0.3) is 0 Å². The number of hydrogen-bond donors (Lipinski definition) is 1. The zero-order chi connectivity index (χ0) is 15.1. The van der Waals surface area contributed by atoms with Crippen LogP contribution in [-0.2, 0) is 19.1 Å². The van der Waals surface area contributed by atoms with Crippen molar-refractivity contribution in [2.45, 2.75) is 39.2 Å². The lowest BCUT2D eigenvalue weighted by molar-refractivity contribution is -0.143.